The van der Waals surface area contributed by atoms with Crippen molar-refractivity contribution in [3.63, 3.8) is 0 Å². The molecule has 0 unspecified atom stereocenters. The minimum absolute atomic E-state index is 0.0161. The fourth-order valence-electron chi connectivity index (χ4n) is 2.86. The number of carboxylic acid groups (broad SMARTS) is 1. The number of nitrogen functional groups attached to an aromatic ring is 1. The van der Waals surface area contributed by atoms with Gasteiger partial charge in [0.1, 0.15) is 16.5 Å². The van der Waals surface area contributed by atoms with Gasteiger partial charge < -0.3 is 10.8 Å². The molecule has 4 aromatic rings. The van der Waals surface area contributed by atoms with E-state index in [4.69, 9.17) is 22.4 Å². The van der Waals surface area contributed by atoms with E-state index in [2.05, 4.69) is 10.1 Å². The number of aromatic carboxylic acids is 1. The minimum Gasteiger partial charge on any atom is -0.477 e. The lowest BCUT2D eigenvalue weighted by molar-refractivity contribution is 0.0689. The molecule has 0 saturated heterocycles. The van der Waals surface area contributed by atoms with Crippen molar-refractivity contribution in [1.29, 1.82) is 0 Å². The van der Waals surface area contributed by atoms with E-state index in [9.17, 15) is 4.79 Å². The molecule has 27 heavy (non-hydrogen) atoms. The number of carboxylic acids is 1. The predicted octanol–water partition coefficient (Wildman–Crippen LogP) is 3.84. The van der Waals surface area contributed by atoms with Gasteiger partial charge in [0, 0.05) is 23.7 Å². The van der Waals surface area contributed by atoms with Crippen LogP contribution in [0.2, 0.25) is 5.02 Å². The van der Waals surface area contributed by atoms with Crippen molar-refractivity contribution in [2.45, 2.75) is 9.92 Å². The summed E-state index contributed by atoms with van der Waals surface area (Å²) in [6.45, 7) is 0. The molecule has 3 N–H and O–H groups in total. The molecule has 0 spiro atoms. The highest BCUT2D eigenvalue weighted by Crippen LogP contribution is 2.41. The summed E-state index contributed by atoms with van der Waals surface area (Å²) >= 11 is 7.51. The lowest BCUT2D eigenvalue weighted by Gasteiger charge is -2.05. The van der Waals surface area contributed by atoms with Crippen LogP contribution in [0.1, 0.15) is 10.5 Å². The molecule has 7 nitrogen and oxygen atoms in total. The summed E-state index contributed by atoms with van der Waals surface area (Å²) in [6, 6.07) is 10.4. The first-order chi connectivity index (χ1) is 12.9. The van der Waals surface area contributed by atoms with Gasteiger partial charge in [0.05, 0.1) is 22.3 Å². The molecule has 0 aliphatic heterocycles. The number of aryl methyl sites for hydroxylation is 1. The van der Waals surface area contributed by atoms with Gasteiger partial charge in [-0.15, -0.1) is 0 Å². The summed E-state index contributed by atoms with van der Waals surface area (Å²) < 4.78 is 3.56. The Kier molecular flexibility index (Phi) is 4.29. The van der Waals surface area contributed by atoms with Crippen LogP contribution in [0.15, 0.2) is 58.7 Å². The Bertz CT molecular complexity index is 1180. The number of aromatic nitrogens is 4. The number of nitrogens with two attached hydrogens (primary N) is 1. The average molecular weight is 400 g/mol. The van der Waals surface area contributed by atoms with Gasteiger partial charge in [0.15, 0.2) is 0 Å². The average Bonchev–Trinajstić information content (AvgIpc) is 3.16. The monoisotopic (exact) mass is 399 g/mol. The largest absolute Gasteiger partial charge is 0.477 e. The van der Waals surface area contributed by atoms with Crippen molar-refractivity contribution >= 4 is 46.1 Å². The first kappa shape index (κ1) is 17.4. The molecule has 4 rings (SSSR count). The molecule has 3 heterocycles. The summed E-state index contributed by atoms with van der Waals surface area (Å²) in [5.41, 5.74) is 8.10. The molecule has 0 aliphatic carbocycles. The van der Waals surface area contributed by atoms with Crippen LogP contribution >= 0.6 is 23.4 Å². The number of carbonyl (C=O) groups is 1. The Hall–Kier alpha value is -2.97. The number of nitrogens with zero attached hydrogens (tertiary/aromatic N) is 4. The number of fused-ring (bicyclic) bond motifs is 1. The molecule has 0 aliphatic rings. The minimum atomic E-state index is -1.07. The second kappa shape index (κ2) is 6.64. The van der Waals surface area contributed by atoms with Crippen molar-refractivity contribution in [2.75, 3.05) is 5.73 Å². The Balaban J connectivity index is 1.90. The van der Waals surface area contributed by atoms with Crippen LogP contribution < -0.4 is 5.73 Å². The summed E-state index contributed by atoms with van der Waals surface area (Å²) in [7, 11) is 1.83. The van der Waals surface area contributed by atoms with Gasteiger partial charge in [-0.2, -0.15) is 5.10 Å². The van der Waals surface area contributed by atoms with E-state index in [0.29, 0.717) is 15.9 Å². The Morgan fingerprint density at radius 2 is 2.11 bits per heavy atom. The molecular weight excluding hydrogens is 386 g/mol. The number of pyridine rings is 1. The molecule has 0 amide bonds. The van der Waals surface area contributed by atoms with Gasteiger partial charge in [0.25, 0.3) is 0 Å². The molecule has 136 valence electrons. The molecule has 3 aromatic heterocycles. The molecule has 0 fully saturated rings. The smallest absolute Gasteiger partial charge is 0.354 e. The topological polar surface area (TPSA) is 99.0 Å². The zero-order valence-electron chi connectivity index (χ0n) is 14.1. The quantitative estimate of drug-likeness (QED) is 0.540. The molecular formula is C18H14ClN5O2S. The SMILES string of the molecule is Cn1cc(-n2c(N)c(Sc3cccc(C(=O)O)n3)c3ccc(Cl)cc32)cn1. The highest BCUT2D eigenvalue weighted by molar-refractivity contribution is 7.99. The van der Waals surface area contributed by atoms with E-state index in [0.717, 1.165) is 21.5 Å². The van der Waals surface area contributed by atoms with Crippen molar-refractivity contribution in [2.24, 2.45) is 7.05 Å². The zero-order chi connectivity index (χ0) is 19.1. The lowest BCUT2D eigenvalue weighted by Crippen LogP contribution is -2.01. The van der Waals surface area contributed by atoms with Gasteiger partial charge in [0.2, 0.25) is 0 Å². The Morgan fingerprint density at radius 1 is 1.30 bits per heavy atom. The van der Waals surface area contributed by atoms with E-state index in [1.807, 2.05) is 29.9 Å². The van der Waals surface area contributed by atoms with Gasteiger partial charge in [-0.3, -0.25) is 9.25 Å². The van der Waals surface area contributed by atoms with Crippen LogP contribution in [0.25, 0.3) is 16.6 Å². The van der Waals surface area contributed by atoms with Crippen molar-refractivity contribution in [1.82, 2.24) is 19.3 Å². The number of hydrogen-bond donors (Lipinski definition) is 2. The molecule has 1 aromatic carbocycles. The summed E-state index contributed by atoms with van der Waals surface area (Å²) in [5, 5.41) is 15.4. The van der Waals surface area contributed by atoms with E-state index < -0.39 is 5.97 Å². The maximum Gasteiger partial charge on any atom is 0.354 e. The van der Waals surface area contributed by atoms with Gasteiger partial charge >= 0.3 is 5.97 Å². The maximum atomic E-state index is 11.2. The molecule has 9 heteroatoms. The zero-order valence-corrected chi connectivity index (χ0v) is 15.7. The number of halogens is 1. The third-order valence-corrected chi connectivity index (χ3v) is 5.32. The predicted molar refractivity (Wildman–Crippen MR) is 105 cm³/mol. The normalized spacial score (nSPS) is 11.2. The summed E-state index contributed by atoms with van der Waals surface area (Å²) in [4.78, 5) is 16.1. The number of rotatable bonds is 4. The molecule has 0 saturated carbocycles. The van der Waals surface area contributed by atoms with E-state index in [1.54, 1.807) is 29.1 Å². The Labute approximate surface area is 163 Å². The van der Waals surface area contributed by atoms with E-state index in [1.165, 1.54) is 17.8 Å². The van der Waals surface area contributed by atoms with E-state index in [-0.39, 0.29) is 5.69 Å². The fraction of sp³-hybridized carbons (Fsp3) is 0.0556. The lowest BCUT2D eigenvalue weighted by atomic mass is 10.2. The van der Waals surface area contributed by atoms with Crippen LogP contribution in [-0.4, -0.2) is 30.4 Å². The third-order valence-electron chi connectivity index (χ3n) is 4.02. The molecule has 0 bridgehead atoms. The van der Waals surface area contributed by atoms with Crippen LogP contribution in [-0.2, 0) is 7.05 Å². The highest BCUT2D eigenvalue weighted by atomic mass is 35.5. The second-order valence-electron chi connectivity index (χ2n) is 5.85. The number of anilines is 1. The first-order valence-electron chi connectivity index (χ1n) is 7.90. The van der Waals surface area contributed by atoms with Crippen molar-refractivity contribution in [3.05, 3.63) is 59.5 Å². The third kappa shape index (κ3) is 3.13. The van der Waals surface area contributed by atoms with Crippen LogP contribution in [0.4, 0.5) is 5.82 Å². The van der Waals surface area contributed by atoms with Crippen LogP contribution in [0, 0.1) is 0 Å². The van der Waals surface area contributed by atoms with Crippen molar-refractivity contribution in [3.8, 4) is 5.69 Å². The second-order valence-corrected chi connectivity index (χ2v) is 7.32. The maximum absolute atomic E-state index is 11.2. The van der Waals surface area contributed by atoms with Crippen LogP contribution in [0.3, 0.4) is 0 Å². The molecule has 0 radical (unpaired) electrons. The Morgan fingerprint density at radius 3 is 2.81 bits per heavy atom. The van der Waals surface area contributed by atoms with Crippen molar-refractivity contribution < 1.29 is 9.90 Å². The first-order valence-corrected chi connectivity index (χ1v) is 9.10. The van der Waals surface area contributed by atoms with E-state index >= 15 is 0 Å². The number of benzene rings is 1. The highest BCUT2D eigenvalue weighted by Gasteiger charge is 2.19. The van der Waals surface area contributed by atoms with Gasteiger partial charge in [-0.25, -0.2) is 9.78 Å². The standard InChI is InChI=1S/C18H14ClN5O2S/c1-23-9-11(8-21-23)24-14-7-10(19)5-6-12(14)16(17(24)20)27-15-4-2-3-13(22-15)18(25)26/h2-9H,20H2,1H3,(H,25,26). The molecule has 0 atom stereocenters. The van der Waals surface area contributed by atoms with Gasteiger partial charge in [-0.05, 0) is 24.3 Å². The fourth-order valence-corrected chi connectivity index (χ4v) is 4.00. The summed E-state index contributed by atoms with van der Waals surface area (Å²) in [5.74, 6) is -0.567. The van der Waals surface area contributed by atoms with Gasteiger partial charge in [-0.1, -0.05) is 35.5 Å². The summed E-state index contributed by atoms with van der Waals surface area (Å²) in [6.07, 6.45) is 3.57. The number of hydrogen-bond acceptors (Lipinski definition) is 5. The van der Waals surface area contributed by atoms with Crippen LogP contribution in [0.5, 0.6) is 0 Å².